The van der Waals surface area contributed by atoms with Crippen LogP contribution in [0, 0.1) is 5.92 Å². The summed E-state index contributed by atoms with van der Waals surface area (Å²) in [6.45, 7) is 0.854. The van der Waals surface area contributed by atoms with Gasteiger partial charge in [0.25, 0.3) is 0 Å². The maximum absolute atomic E-state index is 5.12. The van der Waals surface area contributed by atoms with E-state index in [2.05, 4.69) is 4.99 Å². The molecule has 0 N–H and O–H groups in total. The molecule has 2 aliphatic heterocycles. The largest absolute Gasteiger partial charge is 0.499 e. The molecule has 1 atom stereocenters. The monoisotopic (exact) mass is 123 g/mol. The van der Waals surface area contributed by atoms with Gasteiger partial charge in [0, 0.05) is 12.1 Å². The van der Waals surface area contributed by atoms with Crippen LogP contribution in [-0.4, -0.2) is 12.8 Å². The van der Waals surface area contributed by atoms with Gasteiger partial charge in [0.1, 0.15) is 6.26 Å². The Balaban J connectivity index is 2.24. The normalized spacial score (nSPS) is 31.1. The number of nitrogens with zero attached hydrogens (tertiary/aromatic N) is 1. The van der Waals surface area contributed by atoms with Crippen molar-refractivity contribution in [1.29, 1.82) is 0 Å². The molecule has 0 bridgehead atoms. The van der Waals surface area contributed by atoms with E-state index in [4.69, 9.17) is 4.74 Å². The molecule has 0 fully saturated rings. The van der Waals surface area contributed by atoms with Gasteiger partial charge in [-0.25, -0.2) is 0 Å². The lowest BCUT2D eigenvalue weighted by atomic mass is 10.0. The van der Waals surface area contributed by atoms with Crippen LogP contribution in [0.2, 0.25) is 0 Å². The van der Waals surface area contributed by atoms with Crippen molar-refractivity contribution in [3.63, 3.8) is 0 Å². The first-order chi connectivity index (χ1) is 4.47. The molecule has 2 nitrogen and oxygen atoms in total. The fraction of sp³-hybridized carbons (Fsp3) is 0.571. The van der Waals surface area contributed by atoms with Crippen LogP contribution < -0.4 is 0 Å². The van der Waals surface area contributed by atoms with Crippen molar-refractivity contribution >= 4 is 6.21 Å². The van der Waals surface area contributed by atoms with E-state index in [0.717, 1.165) is 18.7 Å². The summed E-state index contributed by atoms with van der Waals surface area (Å²) in [4.78, 5) is 4.20. The van der Waals surface area contributed by atoms with Gasteiger partial charge in [0.15, 0.2) is 0 Å². The number of hydrogen-bond donors (Lipinski definition) is 0. The number of hydrogen-bond acceptors (Lipinski definition) is 2. The fourth-order valence-corrected chi connectivity index (χ4v) is 1.24. The van der Waals surface area contributed by atoms with E-state index in [0.29, 0.717) is 5.92 Å². The standard InChI is InChI=1S/C7H9NO/c1-2-6-4-9-5-7(6)8-3-1/h3,5-6H,1-2,4H2. The molecule has 0 radical (unpaired) electrons. The van der Waals surface area contributed by atoms with E-state index >= 15 is 0 Å². The van der Waals surface area contributed by atoms with Gasteiger partial charge < -0.3 is 4.74 Å². The number of fused-ring (bicyclic) bond motifs is 1. The van der Waals surface area contributed by atoms with Gasteiger partial charge in [-0.05, 0) is 12.8 Å². The Labute approximate surface area is 54.2 Å². The number of ether oxygens (including phenoxy) is 1. The lowest BCUT2D eigenvalue weighted by Crippen LogP contribution is -2.07. The van der Waals surface area contributed by atoms with Gasteiger partial charge >= 0.3 is 0 Å². The van der Waals surface area contributed by atoms with Crippen LogP contribution in [0.3, 0.4) is 0 Å². The van der Waals surface area contributed by atoms with E-state index in [1.54, 1.807) is 6.26 Å². The van der Waals surface area contributed by atoms with Crippen LogP contribution in [0.5, 0.6) is 0 Å². The maximum atomic E-state index is 5.12. The molecule has 2 rings (SSSR count). The molecule has 0 saturated carbocycles. The molecule has 48 valence electrons. The maximum Gasteiger partial charge on any atom is 0.105 e. The van der Waals surface area contributed by atoms with E-state index in [9.17, 15) is 0 Å². The summed E-state index contributed by atoms with van der Waals surface area (Å²) in [7, 11) is 0. The van der Waals surface area contributed by atoms with Crippen molar-refractivity contribution in [2.45, 2.75) is 12.8 Å². The lowest BCUT2D eigenvalue weighted by Gasteiger charge is -2.10. The zero-order valence-corrected chi connectivity index (χ0v) is 5.21. The Morgan fingerprint density at radius 1 is 1.67 bits per heavy atom. The predicted molar refractivity (Wildman–Crippen MR) is 35.3 cm³/mol. The van der Waals surface area contributed by atoms with Crippen molar-refractivity contribution in [3.8, 4) is 0 Å². The summed E-state index contributed by atoms with van der Waals surface area (Å²) >= 11 is 0. The van der Waals surface area contributed by atoms with E-state index < -0.39 is 0 Å². The first-order valence-corrected chi connectivity index (χ1v) is 3.31. The SMILES string of the molecule is C1=NC2=COCC2CC1. The number of rotatable bonds is 0. The van der Waals surface area contributed by atoms with Crippen LogP contribution in [0.15, 0.2) is 17.0 Å². The highest BCUT2D eigenvalue weighted by atomic mass is 16.5. The van der Waals surface area contributed by atoms with E-state index in [1.165, 1.54) is 6.42 Å². The molecule has 9 heavy (non-hydrogen) atoms. The second-order valence-electron chi connectivity index (χ2n) is 2.46. The average molecular weight is 123 g/mol. The Hall–Kier alpha value is -0.790. The Kier molecular flexibility index (Phi) is 1.04. The number of aliphatic imine (C=N–C) groups is 1. The minimum atomic E-state index is 0.606. The third-order valence-electron chi connectivity index (χ3n) is 1.80. The molecular formula is C7H9NO. The molecule has 2 heteroatoms. The van der Waals surface area contributed by atoms with Gasteiger partial charge in [-0.2, -0.15) is 0 Å². The Morgan fingerprint density at radius 3 is 3.56 bits per heavy atom. The molecular weight excluding hydrogens is 114 g/mol. The summed E-state index contributed by atoms with van der Waals surface area (Å²) in [6, 6.07) is 0. The van der Waals surface area contributed by atoms with Gasteiger partial charge in [0.05, 0.1) is 12.3 Å². The van der Waals surface area contributed by atoms with Crippen LogP contribution in [0.1, 0.15) is 12.8 Å². The first-order valence-electron chi connectivity index (χ1n) is 3.31. The minimum Gasteiger partial charge on any atom is -0.499 e. The molecule has 0 saturated heterocycles. The van der Waals surface area contributed by atoms with E-state index in [1.807, 2.05) is 6.21 Å². The van der Waals surface area contributed by atoms with Crippen molar-refractivity contribution in [3.05, 3.63) is 12.0 Å². The molecule has 0 aromatic rings. The molecule has 0 aromatic heterocycles. The molecule has 2 heterocycles. The topological polar surface area (TPSA) is 21.6 Å². The van der Waals surface area contributed by atoms with Crippen molar-refractivity contribution < 1.29 is 4.74 Å². The highest BCUT2D eigenvalue weighted by Gasteiger charge is 2.21. The third-order valence-corrected chi connectivity index (χ3v) is 1.80. The van der Waals surface area contributed by atoms with Gasteiger partial charge in [-0.1, -0.05) is 0 Å². The summed E-state index contributed by atoms with van der Waals surface area (Å²) < 4.78 is 5.12. The Bertz CT molecular complexity index is 172. The van der Waals surface area contributed by atoms with Gasteiger partial charge in [-0.3, -0.25) is 4.99 Å². The molecule has 0 amide bonds. The second-order valence-corrected chi connectivity index (χ2v) is 2.46. The van der Waals surface area contributed by atoms with Crippen LogP contribution >= 0.6 is 0 Å². The summed E-state index contributed by atoms with van der Waals surface area (Å²) in [5.74, 6) is 0.606. The quantitative estimate of drug-likeness (QED) is 0.476. The van der Waals surface area contributed by atoms with Crippen LogP contribution in [-0.2, 0) is 4.74 Å². The lowest BCUT2D eigenvalue weighted by molar-refractivity contribution is 0.244. The molecule has 1 unspecified atom stereocenters. The highest BCUT2D eigenvalue weighted by molar-refractivity contribution is 5.60. The smallest absolute Gasteiger partial charge is 0.105 e. The minimum absolute atomic E-state index is 0.606. The summed E-state index contributed by atoms with van der Waals surface area (Å²) in [6.07, 6.45) is 6.08. The molecule has 0 aromatic carbocycles. The zero-order chi connectivity index (χ0) is 6.10. The third kappa shape index (κ3) is 0.745. The molecule has 0 spiro atoms. The van der Waals surface area contributed by atoms with Crippen LogP contribution in [0.25, 0.3) is 0 Å². The van der Waals surface area contributed by atoms with Crippen molar-refractivity contribution in [2.75, 3.05) is 6.61 Å². The predicted octanol–water partition coefficient (Wildman–Crippen LogP) is 1.34. The Morgan fingerprint density at radius 2 is 2.67 bits per heavy atom. The van der Waals surface area contributed by atoms with Crippen molar-refractivity contribution in [1.82, 2.24) is 0 Å². The van der Waals surface area contributed by atoms with E-state index in [-0.39, 0.29) is 0 Å². The van der Waals surface area contributed by atoms with Crippen LogP contribution in [0.4, 0.5) is 0 Å². The van der Waals surface area contributed by atoms with Gasteiger partial charge in [-0.15, -0.1) is 0 Å². The zero-order valence-electron chi connectivity index (χ0n) is 5.21. The second kappa shape index (κ2) is 1.87. The first kappa shape index (κ1) is 5.03. The summed E-state index contributed by atoms with van der Waals surface area (Å²) in [5, 5.41) is 0. The molecule has 2 aliphatic rings. The average Bonchev–Trinajstić information content (AvgIpc) is 2.33. The van der Waals surface area contributed by atoms with Crippen molar-refractivity contribution in [2.24, 2.45) is 10.9 Å². The highest BCUT2D eigenvalue weighted by Crippen LogP contribution is 2.26. The summed E-state index contributed by atoms with van der Waals surface area (Å²) in [5.41, 5.74) is 1.14. The van der Waals surface area contributed by atoms with Gasteiger partial charge in [0.2, 0.25) is 0 Å². The molecule has 0 aliphatic carbocycles. The fourth-order valence-electron chi connectivity index (χ4n) is 1.24.